The van der Waals surface area contributed by atoms with Crippen LogP contribution in [-0.4, -0.2) is 40.9 Å². The lowest BCUT2D eigenvalue weighted by Gasteiger charge is -2.22. The summed E-state index contributed by atoms with van der Waals surface area (Å²) in [6.45, 7) is 7.75. The number of carboxylic acid groups (broad SMARTS) is 1. The third kappa shape index (κ3) is 13.2. The van der Waals surface area contributed by atoms with Crippen LogP contribution in [-0.2, 0) is 0 Å². The zero-order valence-electron chi connectivity index (χ0n) is 10.9. The van der Waals surface area contributed by atoms with Crippen LogP contribution in [0, 0.1) is 0 Å². The SMILES string of the molecule is CCCC.CCO.O=C(O)N1CCCCC1. The van der Waals surface area contributed by atoms with Gasteiger partial charge in [0.2, 0.25) is 0 Å². The van der Waals surface area contributed by atoms with Crippen molar-refractivity contribution in [1.82, 2.24) is 4.90 Å². The van der Waals surface area contributed by atoms with Gasteiger partial charge in [0, 0.05) is 19.7 Å². The number of nitrogens with zero attached hydrogens (tertiary/aromatic N) is 1. The molecule has 0 saturated carbocycles. The highest BCUT2D eigenvalue weighted by molar-refractivity contribution is 5.64. The molecule has 0 aromatic heterocycles. The molecule has 1 fully saturated rings. The maximum absolute atomic E-state index is 10.3. The topological polar surface area (TPSA) is 60.8 Å². The Morgan fingerprint density at radius 1 is 1.06 bits per heavy atom. The second-order valence-electron chi connectivity index (χ2n) is 3.65. The Morgan fingerprint density at radius 3 is 1.62 bits per heavy atom. The standard InChI is InChI=1S/C6H11NO2.C4H10.C2H6O/c8-6(9)7-4-2-1-3-5-7;1-3-4-2;1-2-3/h1-5H2,(H,8,9);3-4H2,1-2H3;3H,2H2,1H3. The Kier molecular flexibility index (Phi) is 15.7. The van der Waals surface area contributed by atoms with Crippen molar-refractivity contribution < 1.29 is 15.0 Å². The molecule has 0 unspecified atom stereocenters. The van der Waals surface area contributed by atoms with E-state index in [1.807, 2.05) is 0 Å². The normalized spacial score (nSPS) is 14.1. The molecular formula is C12H27NO3. The first-order valence-corrected chi connectivity index (χ1v) is 6.22. The number of carbonyl (C=O) groups is 1. The van der Waals surface area contributed by atoms with Gasteiger partial charge in [-0.15, -0.1) is 0 Å². The van der Waals surface area contributed by atoms with Crippen LogP contribution < -0.4 is 0 Å². The molecule has 0 aromatic carbocycles. The summed E-state index contributed by atoms with van der Waals surface area (Å²) in [5.41, 5.74) is 0. The van der Waals surface area contributed by atoms with Gasteiger partial charge in [-0.3, -0.25) is 0 Å². The van der Waals surface area contributed by atoms with Gasteiger partial charge in [0.25, 0.3) is 0 Å². The zero-order chi connectivity index (χ0) is 12.8. The summed E-state index contributed by atoms with van der Waals surface area (Å²) in [5, 5.41) is 16.0. The lowest BCUT2D eigenvalue weighted by Crippen LogP contribution is -2.34. The van der Waals surface area contributed by atoms with Crippen LogP contribution in [0.2, 0.25) is 0 Å². The van der Waals surface area contributed by atoms with Crippen LogP contribution in [0.4, 0.5) is 4.79 Å². The van der Waals surface area contributed by atoms with Crippen molar-refractivity contribution in [2.24, 2.45) is 0 Å². The van der Waals surface area contributed by atoms with E-state index in [-0.39, 0.29) is 6.61 Å². The summed E-state index contributed by atoms with van der Waals surface area (Å²) in [4.78, 5) is 11.8. The molecule has 0 atom stereocenters. The monoisotopic (exact) mass is 233 g/mol. The summed E-state index contributed by atoms with van der Waals surface area (Å²) >= 11 is 0. The van der Waals surface area contributed by atoms with E-state index >= 15 is 0 Å². The van der Waals surface area contributed by atoms with Crippen molar-refractivity contribution in [2.75, 3.05) is 19.7 Å². The molecule has 4 heteroatoms. The van der Waals surface area contributed by atoms with E-state index < -0.39 is 6.09 Å². The van der Waals surface area contributed by atoms with Gasteiger partial charge in [0.1, 0.15) is 0 Å². The molecule has 0 bridgehead atoms. The predicted octanol–water partition coefficient (Wildman–Crippen LogP) is 2.96. The minimum atomic E-state index is -0.769. The quantitative estimate of drug-likeness (QED) is 0.732. The van der Waals surface area contributed by atoms with Gasteiger partial charge in [-0.1, -0.05) is 26.7 Å². The average molecular weight is 233 g/mol. The van der Waals surface area contributed by atoms with Crippen LogP contribution in [0.1, 0.15) is 52.9 Å². The van der Waals surface area contributed by atoms with Crippen LogP contribution in [0.15, 0.2) is 0 Å². The van der Waals surface area contributed by atoms with Gasteiger partial charge >= 0.3 is 6.09 Å². The van der Waals surface area contributed by atoms with E-state index in [0.29, 0.717) is 0 Å². The molecule has 1 amide bonds. The maximum Gasteiger partial charge on any atom is 0.407 e. The molecule has 1 rings (SSSR count). The van der Waals surface area contributed by atoms with Crippen LogP contribution in [0.5, 0.6) is 0 Å². The van der Waals surface area contributed by atoms with Gasteiger partial charge in [-0.25, -0.2) is 4.79 Å². The summed E-state index contributed by atoms with van der Waals surface area (Å²) < 4.78 is 0. The fourth-order valence-corrected chi connectivity index (χ4v) is 1.09. The Bertz CT molecular complexity index is 143. The molecule has 0 aliphatic carbocycles. The molecule has 1 saturated heterocycles. The number of aliphatic hydroxyl groups is 1. The molecule has 4 nitrogen and oxygen atoms in total. The third-order valence-electron chi connectivity index (χ3n) is 2.13. The lowest BCUT2D eigenvalue weighted by atomic mass is 10.1. The van der Waals surface area contributed by atoms with E-state index in [1.165, 1.54) is 24.2 Å². The van der Waals surface area contributed by atoms with Crippen molar-refractivity contribution in [3.63, 3.8) is 0 Å². The number of hydrogen-bond acceptors (Lipinski definition) is 2. The number of likely N-dealkylation sites (tertiary alicyclic amines) is 1. The first-order chi connectivity index (χ1) is 7.63. The molecular weight excluding hydrogens is 206 g/mol. The molecule has 2 N–H and O–H groups in total. The van der Waals surface area contributed by atoms with Crippen molar-refractivity contribution in [3.05, 3.63) is 0 Å². The third-order valence-corrected chi connectivity index (χ3v) is 2.13. The Balaban J connectivity index is 0. The van der Waals surface area contributed by atoms with Crippen molar-refractivity contribution in [3.8, 4) is 0 Å². The van der Waals surface area contributed by atoms with E-state index in [9.17, 15) is 4.79 Å². The Hall–Kier alpha value is -0.770. The van der Waals surface area contributed by atoms with Gasteiger partial charge in [0.05, 0.1) is 0 Å². The summed E-state index contributed by atoms with van der Waals surface area (Å²) in [6.07, 6.45) is 5.12. The van der Waals surface area contributed by atoms with Crippen molar-refractivity contribution in [2.45, 2.75) is 52.9 Å². The second kappa shape index (κ2) is 14.2. The first kappa shape index (κ1) is 17.6. The largest absolute Gasteiger partial charge is 0.465 e. The summed E-state index contributed by atoms with van der Waals surface area (Å²) in [6, 6.07) is 0. The predicted molar refractivity (Wildman–Crippen MR) is 66.8 cm³/mol. The molecule has 98 valence electrons. The number of unbranched alkanes of at least 4 members (excludes halogenated alkanes) is 1. The molecule has 1 aliphatic heterocycles. The smallest absolute Gasteiger partial charge is 0.407 e. The molecule has 0 aromatic rings. The van der Waals surface area contributed by atoms with Crippen molar-refractivity contribution >= 4 is 6.09 Å². The highest BCUT2D eigenvalue weighted by Crippen LogP contribution is 2.07. The van der Waals surface area contributed by atoms with Gasteiger partial charge < -0.3 is 15.1 Å². The van der Waals surface area contributed by atoms with Crippen LogP contribution in [0.3, 0.4) is 0 Å². The summed E-state index contributed by atoms with van der Waals surface area (Å²) in [5.74, 6) is 0. The number of amides is 1. The fourth-order valence-electron chi connectivity index (χ4n) is 1.09. The van der Waals surface area contributed by atoms with E-state index in [2.05, 4.69) is 13.8 Å². The number of hydrogen-bond donors (Lipinski definition) is 2. The minimum Gasteiger partial charge on any atom is -0.465 e. The lowest BCUT2D eigenvalue weighted by molar-refractivity contribution is 0.136. The van der Waals surface area contributed by atoms with Crippen LogP contribution in [0.25, 0.3) is 0 Å². The molecule has 0 radical (unpaired) electrons. The van der Waals surface area contributed by atoms with Gasteiger partial charge in [-0.05, 0) is 26.2 Å². The number of rotatable bonds is 1. The maximum atomic E-state index is 10.3. The molecule has 16 heavy (non-hydrogen) atoms. The van der Waals surface area contributed by atoms with Crippen molar-refractivity contribution in [1.29, 1.82) is 0 Å². The second-order valence-corrected chi connectivity index (χ2v) is 3.65. The average Bonchev–Trinajstić information content (AvgIpc) is 2.31. The van der Waals surface area contributed by atoms with E-state index in [1.54, 1.807) is 6.92 Å². The highest BCUT2D eigenvalue weighted by Gasteiger charge is 2.13. The first-order valence-electron chi connectivity index (χ1n) is 6.22. The van der Waals surface area contributed by atoms with Gasteiger partial charge in [0.15, 0.2) is 0 Å². The molecule has 1 heterocycles. The van der Waals surface area contributed by atoms with Gasteiger partial charge in [-0.2, -0.15) is 0 Å². The van der Waals surface area contributed by atoms with E-state index in [0.717, 1.165) is 25.9 Å². The van der Waals surface area contributed by atoms with Crippen LogP contribution >= 0.6 is 0 Å². The Labute approximate surface area is 99.3 Å². The summed E-state index contributed by atoms with van der Waals surface area (Å²) in [7, 11) is 0. The molecule has 0 spiro atoms. The fraction of sp³-hybridized carbons (Fsp3) is 0.917. The number of aliphatic hydroxyl groups excluding tert-OH is 1. The Morgan fingerprint density at radius 2 is 1.44 bits per heavy atom. The highest BCUT2D eigenvalue weighted by atomic mass is 16.4. The minimum absolute atomic E-state index is 0.250. The van der Waals surface area contributed by atoms with E-state index in [4.69, 9.17) is 10.2 Å². The molecule has 1 aliphatic rings. The number of piperidine rings is 1. The zero-order valence-corrected chi connectivity index (χ0v) is 10.9.